The molecule has 0 fully saturated rings. The second-order valence-corrected chi connectivity index (χ2v) is 3.22. The van der Waals surface area contributed by atoms with E-state index in [-0.39, 0.29) is 14.3 Å². The van der Waals surface area contributed by atoms with Crippen molar-refractivity contribution in [2.24, 2.45) is 5.92 Å². The number of nitrogens with two attached hydrogens (primary N) is 1. The van der Waals surface area contributed by atoms with Gasteiger partial charge in [-0.05, 0) is 12.0 Å². The van der Waals surface area contributed by atoms with E-state index in [0.717, 1.165) is 0 Å². The molecule has 0 saturated heterocycles. The number of nitrogen functional groups attached to an aromatic ring is 1. The van der Waals surface area contributed by atoms with Gasteiger partial charge in [-0.3, -0.25) is 4.79 Å². The molecule has 0 spiro atoms. The molecule has 4 heteroatoms. The Hall–Kier alpha value is -1.58. The van der Waals surface area contributed by atoms with Crippen LogP contribution >= 0.6 is 0 Å². The van der Waals surface area contributed by atoms with E-state index >= 15 is 0 Å². The number of nitrogens with one attached hydrogen (secondary N) is 2. The lowest BCUT2D eigenvalue weighted by Crippen LogP contribution is -2.18. The van der Waals surface area contributed by atoms with Crippen molar-refractivity contribution in [3.05, 3.63) is 28.2 Å². The summed E-state index contributed by atoms with van der Waals surface area (Å²) >= 11 is 0. The Balaban J connectivity index is 0. The Labute approximate surface area is 79.3 Å². The highest BCUT2D eigenvalue weighted by molar-refractivity contribution is 6.01. The number of anilines is 1. The Morgan fingerprint density at radius 1 is 1.62 bits per heavy atom. The first-order chi connectivity index (χ1) is 6.02. The zero-order chi connectivity index (χ0) is 10.0. The van der Waals surface area contributed by atoms with Gasteiger partial charge in [0, 0.05) is 8.92 Å². The predicted octanol–water partition coefficient (Wildman–Crippen LogP) is 1.47. The largest absolute Gasteiger partial charge is 0.397 e. The van der Waals surface area contributed by atoms with Crippen molar-refractivity contribution in [2.75, 3.05) is 5.73 Å². The lowest BCUT2D eigenvalue weighted by atomic mass is 10.0. The van der Waals surface area contributed by atoms with Gasteiger partial charge in [0.05, 0.1) is 17.1 Å². The quantitative estimate of drug-likeness (QED) is 0.607. The number of aromatic amines is 1. The Morgan fingerprint density at radius 3 is 2.77 bits per heavy atom. The number of hydrogen-bond donors (Lipinski definition) is 3. The number of H-pyrrole nitrogens is 1. The first-order valence-electron chi connectivity index (χ1n) is 4.10. The Bertz CT molecular complexity index is 387. The summed E-state index contributed by atoms with van der Waals surface area (Å²) in [6, 6.07) is 2.87. The number of pyridine rings is 1. The molecule has 0 bridgehead atoms. The lowest BCUT2D eigenvalue weighted by Gasteiger charge is -2.09. The van der Waals surface area contributed by atoms with Crippen LogP contribution in [-0.4, -0.2) is 10.7 Å². The summed E-state index contributed by atoms with van der Waals surface area (Å²) in [6.45, 7) is 3.76. The van der Waals surface area contributed by atoms with Gasteiger partial charge in [0.2, 0.25) is 5.56 Å². The van der Waals surface area contributed by atoms with Crippen LogP contribution in [0.2, 0.25) is 0 Å². The van der Waals surface area contributed by atoms with Crippen LogP contribution < -0.4 is 11.3 Å². The van der Waals surface area contributed by atoms with Crippen LogP contribution in [0.1, 0.15) is 22.4 Å². The summed E-state index contributed by atoms with van der Waals surface area (Å²) < 4.78 is 0. The zero-order valence-corrected chi connectivity index (χ0v) is 7.72. The van der Waals surface area contributed by atoms with E-state index in [0.29, 0.717) is 17.1 Å². The molecule has 74 valence electrons. The predicted molar refractivity (Wildman–Crippen MR) is 57.4 cm³/mol. The minimum absolute atomic E-state index is 0. The van der Waals surface area contributed by atoms with Crippen molar-refractivity contribution in [3.63, 3.8) is 0 Å². The average Bonchev–Trinajstić information content (AvgIpc) is 2.08. The molecule has 0 aliphatic heterocycles. The fourth-order valence-electron chi connectivity index (χ4n) is 0.997. The molecule has 0 aliphatic rings. The molecule has 0 amide bonds. The number of rotatable bonds is 2. The fraction of sp³-hybridized carbons (Fsp3) is 0.333. The SMILES string of the molecule is CC(C)C(=N)c1[nH]c(=O)ccc1N.[HH].[HH]. The van der Waals surface area contributed by atoms with Crippen molar-refractivity contribution in [2.45, 2.75) is 13.8 Å². The number of aromatic nitrogens is 1. The topological polar surface area (TPSA) is 82.7 Å². The van der Waals surface area contributed by atoms with Gasteiger partial charge in [-0.2, -0.15) is 0 Å². The number of hydrogen-bond acceptors (Lipinski definition) is 3. The molecule has 1 rings (SSSR count). The van der Waals surface area contributed by atoms with E-state index in [4.69, 9.17) is 11.1 Å². The molecule has 13 heavy (non-hydrogen) atoms. The molecular weight excluding hydrogens is 166 g/mol. The Morgan fingerprint density at radius 2 is 2.23 bits per heavy atom. The van der Waals surface area contributed by atoms with Crippen molar-refractivity contribution in [3.8, 4) is 0 Å². The zero-order valence-electron chi connectivity index (χ0n) is 7.72. The Kier molecular flexibility index (Phi) is 2.51. The fourth-order valence-corrected chi connectivity index (χ4v) is 0.997. The highest BCUT2D eigenvalue weighted by Gasteiger charge is 2.09. The maximum Gasteiger partial charge on any atom is 0.248 e. The maximum absolute atomic E-state index is 11.0. The summed E-state index contributed by atoms with van der Waals surface area (Å²) in [5, 5.41) is 7.67. The molecule has 0 atom stereocenters. The second-order valence-electron chi connectivity index (χ2n) is 3.22. The van der Waals surface area contributed by atoms with Crippen molar-refractivity contribution in [1.29, 1.82) is 5.41 Å². The molecule has 0 saturated carbocycles. The van der Waals surface area contributed by atoms with Crippen LogP contribution in [0.3, 0.4) is 0 Å². The van der Waals surface area contributed by atoms with Crippen LogP contribution in [-0.2, 0) is 0 Å². The summed E-state index contributed by atoms with van der Waals surface area (Å²) in [4.78, 5) is 13.5. The van der Waals surface area contributed by atoms with E-state index in [1.54, 1.807) is 0 Å². The first kappa shape index (κ1) is 9.51. The van der Waals surface area contributed by atoms with Crippen molar-refractivity contribution in [1.82, 2.24) is 4.98 Å². The van der Waals surface area contributed by atoms with Crippen LogP contribution in [0.15, 0.2) is 16.9 Å². The van der Waals surface area contributed by atoms with Crippen LogP contribution in [0.25, 0.3) is 0 Å². The van der Waals surface area contributed by atoms with Crippen molar-refractivity contribution >= 4 is 11.4 Å². The molecule has 0 aliphatic carbocycles. The third-order valence-corrected chi connectivity index (χ3v) is 1.80. The lowest BCUT2D eigenvalue weighted by molar-refractivity contribution is 0.871. The smallest absolute Gasteiger partial charge is 0.248 e. The van der Waals surface area contributed by atoms with Gasteiger partial charge in [0.15, 0.2) is 0 Å². The third-order valence-electron chi connectivity index (χ3n) is 1.80. The van der Waals surface area contributed by atoms with Gasteiger partial charge in [0.1, 0.15) is 0 Å². The molecule has 1 aromatic rings. The van der Waals surface area contributed by atoms with Crippen LogP contribution in [0, 0.1) is 11.3 Å². The van der Waals surface area contributed by atoms with Gasteiger partial charge >= 0.3 is 0 Å². The van der Waals surface area contributed by atoms with E-state index < -0.39 is 0 Å². The molecule has 0 radical (unpaired) electrons. The van der Waals surface area contributed by atoms with Gasteiger partial charge in [-0.25, -0.2) is 0 Å². The van der Waals surface area contributed by atoms with Gasteiger partial charge < -0.3 is 16.1 Å². The highest BCUT2D eigenvalue weighted by Crippen LogP contribution is 2.10. The van der Waals surface area contributed by atoms with Crippen LogP contribution in [0.5, 0.6) is 0 Å². The molecule has 4 nitrogen and oxygen atoms in total. The minimum atomic E-state index is -0.227. The molecule has 0 unspecified atom stereocenters. The normalized spacial score (nSPS) is 10.4. The van der Waals surface area contributed by atoms with Crippen LogP contribution in [0.4, 0.5) is 5.69 Å². The van der Waals surface area contributed by atoms with Gasteiger partial charge in [-0.1, -0.05) is 13.8 Å². The molecule has 1 aromatic heterocycles. The second kappa shape index (κ2) is 3.43. The minimum Gasteiger partial charge on any atom is -0.397 e. The van der Waals surface area contributed by atoms with Crippen molar-refractivity contribution < 1.29 is 2.85 Å². The molecular formula is C9H17N3O. The summed E-state index contributed by atoms with van der Waals surface area (Å²) in [7, 11) is 0. The molecule has 0 aromatic carbocycles. The van der Waals surface area contributed by atoms with Gasteiger partial charge in [0.25, 0.3) is 0 Å². The molecule has 1 heterocycles. The molecule has 4 N–H and O–H groups in total. The summed E-state index contributed by atoms with van der Waals surface area (Å²) in [6.07, 6.45) is 0. The van der Waals surface area contributed by atoms with E-state index in [2.05, 4.69) is 4.98 Å². The monoisotopic (exact) mass is 183 g/mol. The van der Waals surface area contributed by atoms with E-state index in [1.165, 1.54) is 12.1 Å². The first-order valence-corrected chi connectivity index (χ1v) is 4.10. The maximum atomic E-state index is 11.0. The average molecular weight is 183 g/mol. The standard InChI is InChI=1S/C9H13N3O.2H2/c1-5(2)8(11)9-6(10)3-4-7(13)12-9;;/h3-5,11H,10H2,1-2H3,(H,12,13);2*1H. The summed E-state index contributed by atoms with van der Waals surface area (Å²) in [5.74, 6) is 0.0559. The van der Waals surface area contributed by atoms with E-state index in [9.17, 15) is 4.79 Å². The van der Waals surface area contributed by atoms with E-state index in [1.807, 2.05) is 13.8 Å². The summed E-state index contributed by atoms with van der Waals surface area (Å²) in [5.41, 5.74) is 6.62. The highest BCUT2D eigenvalue weighted by atomic mass is 16.1. The third kappa shape index (κ3) is 1.96. The van der Waals surface area contributed by atoms with Gasteiger partial charge in [-0.15, -0.1) is 0 Å².